The average molecular weight is 693 g/mol. The molecular weight excluding hydrogens is 645 g/mol. The van der Waals surface area contributed by atoms with Gasteiger partial charge in [0.15, 0.2) is 11.6 Å². The number of carbonyl (C=O) groups is 2. The number of hydrogen-bond acceptors (Lipinski definition) is 6. The van der Waals surface area contributed by atoms with Crippen molar-refractivity contribution < 1.29 is 19.1 Å². The lowest BCUT2D eigenvalue weighted by molar-refractivity contribution is -0.119. The van der Waals surface area contributed by atoms with Crippen molar-refractivity contribution in [2.24, 2.45) is 5.73 Å². The Kier molecular flexibility index (Phi) is 12.2. The van der Waals surface area contributed by atoms with Crippen LogP contribution in [0.3, 0.4) is 0 Å². The molecule has 266 valence electrons. The first-order valence-electron chi connectivity index (χ1n) is 17.9. The second kappa shape index (κ2) is 16.9. The van der Waals surface area contributed by atoms with Gasteiger partial charge in [0.1, 0.15) is 18.1 Å². The molecule has 1 aliphatic carbocycles. The molecule has 6 nitrogen and oxygen atoms in total. The number of fused-ring (bicyclic) bond motifs is 2. The zero-order chi connectivity index (χ0) is 37.4. The fourth-order valence-electron chi connectivity index (χ4n) is 6.87. The monoisotopic (exact) mass is 692 g/mol. The molecule has 4 N–H and O–H groups in total. The summed E-state index contributed by atoms with van der Waals surface area (Å²) in [6.07, 6.45) is 11.3. The van der Waals surface area contributed by atoms with Crippen molar-refractivity contribution in [2.75, 3.05) is 18.9 Å². The summed E-state index contributed by atoms with van der Waals surface area (Å²) >= 11 is 0. The molecule has 1 aliphatic rings. The number of allylic oxidation sites excluding steroid dienone is 9. The van der Waals surface area contributed by atoms with Gasteiger partial charge in [-0.1, -0.05) is 80.0 Å². The van der Waals surface area contributed by atoms with Crippen LogP contribution in [0.15, 0.2) is 107 Å². The second-order valence-electron chi connectivity index (χ2n) is 13.1. The standard InChI is InChI=1S/C46H48N2O4/c1-7-9-27-51-41-25-18-30(4)43-36(14-12-15-37(41)43)39(47)23-22-34-21-20-33(45(34)44(31(5)49)32(6)50)19-17-29(3)35-13-11-16-38-42(52-28-10-8-2)26-24-40(48)46(35)38/h11-19,22-26H,7,9,20-21,27-28,47-48H2,1-6H3/b29-17-,33-19+,34-22-,39-23+. The summed E-state index contributed by atoms with van der Waals surface area (Å²) in [4.78, 5) is 25.9. The summed E-state index contributed by atoms with van der Waals surface area (Å²) in [5, 5.41) is 3.87. The van der Waals surface area contributed by atoms with Crippen LogP contribution in [0.25, 0.3) is 32.8 Å². The number of ether oxygens (including phenoxy) is 2. The molecule has 0 aliphatic heterocycles. The van der Waals surface area contributed by atoms with Gasteiger partial charge in [-0.05, 0) is 117 Å². The van der Waals surface area contributed by atoms with Gasteiger partial charge in [0.25, 0.3) is 0 Å². The summed E-state index contributed by atoms with van der Waals surface area (Å²) in [5.74, 6) is 6.84. The third-order valence-corrected chi connectivity index (χ3v) is 9.47. The first-order valence-corrected chi connectivity index (χ1v) is 17.9. The Hall–Kier alpha value is -5.80. The van der Waals surface area contributed by atoms with Crippen molar-refractivity contribution in [3.63, 3.8) is 0 Å². The lowest BCUT2D eigenvalue weighted by atomic mass is 9.92. The first-order chi connectivity index (χ1) is 25.1. The highest BCUT2D eigenvalue weighted by molar-refractivity contribution is 6.20. The molecule has 52 heavy (non-hydrogen) atoms. The Labute approximate surface area is 307 Å². The minimum atomic E-state index is -0.263. The normalized spacial score (nSPS) is 14.9. The minimum Gasteiger partial charge on any atom is -0.493 e. The van der Waals surface area contributed by atoms with E-state index in [9.17, 15) is 9.59 Å². The van der Waals surface area contributed by atoms with Crippen LogP contribution in [0.5, 0.6) is 11.5 Å². The van der Waals surface area contributed by atoms with Crippen molar-refractivity contribution in [3.05, 3.63) is 124 Å². The van der Waals surface area contributed by atoms with Crippen LogP contribution >= 0.6 is 0 Å². The van der Waals surface area contributed by atoms with Crippen LogP contribution in [0.4, 0.5) is 5.69 Å². The van der Waals surface area contributed by atoms with Crippen LogP contribution in [0, 0.1) is 18.8 Å². The minimum absolute atomic E-state index is 0.203. The number of rotatable bonds is 12. The summed E-state index contributed by atoms with van der Waals surface area (Å²) in [6.45, 7) is 11.9. The molecule has 0 atom stereocenters. The van der Waals surface area contributed by atoms with E-state index in [1.54, 1.807) is 6.92 Å². The second-order valence-corrected chi connectivity index (χ2v) is 13.1. The molecular formula is C46H48N2O4. The molecule has 0 amide bonds. The molecule has 0 bridgehead atoms. The lowest BCUT2D eigenvalue weighted by Crippen LogP contribution is -2.10. The fourth-order valence-corrected chi connectivity index (χ4v) is 6.87. The Morgan fingerprint density at radius 3 is 2.08 bits per heavy atom. The number of aryl methyl sites for hydroxylation is 1. The molecule has 0 radical (unpaired) electrons. The van der Waals surface area contributed by atoms with Gasteiger partial charge in [-0.3, -0.25) is 9.59 Å². The summed E-state index contributed by atoms with van der Waals surface area (Å²) in [7, 11) is 0. The predicted octanol–water partition coefficient (Wildman–Crippen LogP) is 9.99. The number of Topliss-reactive ketones (excluding diaryl/α,β-unsaturated/α-hetero) is 2. The van der Waals surface area contributed by atoms with Gasteiger partial charge < -0.3 is 20.9 Å². The largest absolute Gasteiger partial charge is 0.493 e. The number of nitrogen functional groups attached to an aromatic ring is 1. The van der Waals surface area contributed by atoms with Crippen LogP contribution in [0.2, 0.25) is 0 Å². The van der Waals surface area contributed by atoms with E-state index in [4.69, 9.17) is 20.9 Å². The van der Waals surface area contributed by atoms with Crippen molar-refractivity contribution in [3.8, 4) is 23.3 Å². The van der Waals surface area contributed by atoms with Crippen molar-refractivity contribution in [1.29, 1.82) is 0 Å². The van der Waals surface area contributed by atoms with E-state index < -0.39 is 0 Å². The highest BCUT2D eigenvalue weighted by atomic mass is 16.5. The lowest BCUT2D eigenvalue weighted by Gasteiger charge is -2.14. The SMILES string of the molecule is CC#CCOc1ccc(N)c2c(/C(C)=C\C=C3/CC/C(=C/C=C(/N)c4cccc5c(OCCCC)ccc(C)c45)C3=C(C(C)=O)C(C)=O)cccc12. The topological polar surface area (TPSA) is 105 Å². The van der Waals surface area contributed by atoms with E-state index in [1.165, 1.54) is 13.8 Å². The maximum Gasteiger partial charge on any atom is 0.163 e. The highest BCUT2D eigenvalue weighted by Gasteiger charge is 2.27. The molecule has 0 aromatic heterocycles. The number of unbranched alkanes of at least 4 members (excludes halogenated alkanes) is 1. The number of hydrogen-bond donors (Lipinski definition) is 2. The predicted molar refractivity (Wildman–Crippen MR) is 216 cm³/mol. The molecule has 0 spiro atoms. The quantitative estimate of drug-likeness (QED) is 0.0383. The molecule has 6 heteroatoms. The molecule has 0 heterocycles. The van der Waals surface area contributed by atoms with Crippen LogP contribution < -0.4 is 20.9 Å². The van der Waals surface area contributed by atoms with E-state index in [-0.39, 0.29) is 23.7 Å². The number of benzene rings is 4. The van der Waals surface area contributed by atoms with Gasteiger partial charge in [-0.15, -0.1) is 5.92 Å². The van der Waals surface area contributed by atoms with E-state index in [1.807, 2.05) is 79.8 Å². The Morgan fingerprint density at radius 1 is 0.808 bits per heavy atom. The van der Waals surface area contributed by atoms with E-state index in [0.29, 0.717) is 36.4 Å². The van der Waals surface area contributed by atoms with Crippen LogP contribution in [-0.2, 0) is 9.59 Å². The average Bonchev–Trinajstić information content (AvgIpc) is 3.52. The van der Waals surface area contributed by atoms with Gasteiger partial charge in [0, 0.05) is 33.1 Å². The zero-order valence-electron chi connectivity index (χ0n) is 31.1. The number of anilines is 1. The molecule has 0 saturated heterocycles. The van der Waals surface area contributed by atoms with Gasteiger partial charge in [-0.2, -0.15) is 0 Å². The number of nitrogens with two attached hydrogens (primary N) is 2. The van der Waals surface area contributed by atoms with Gasteiger partial charge in [-0.25, -0.2) is 0 Å². The summed E-state index contributed by atoms with van der Waals surface area (Å²) in [6, 6.07) is 19.9. The molecule has 1 saturated carbocycles. The van der Waals surface area contributed by atoms with Gasteiger partial charge in [0.05, 0.1) is 12.2 Å². The number of ketones is 2. The van der Waals surface area contributed by atoms with Crippen LogP contribution in [-0.4, -0.2) is 24.8 Å². The fraction of sp³-hybridized carbons (Fsp3) is 0.261. The van der Waals surface area contributed by atoms with Crippen LogP contribution in [0.1, 0.15) is 77.0 Å². The molecule has 4 aromatic rings. The molecule has 0 unspecified atom stereocenters. The van der Waals surface area contributed by atoms with Gasteiger partial charge in [0.2, 0.25) is 0 Å². The highest BCUT2D eigenvalue weighted by Crippen LogP contribution is 2.40. The van der Waals surface area contributed by atoms with Crippen molar-refractivity contribution in [1.82, 2.24) is 0 Å². The third-order valence-electron chi connectivity index (χ3n) is 9.47. The van der Waals surface area contributed by atoms with E-state index in [2.05, 4.69) is 37.8 Å². The number of carbonyl (C=O) groups excluding carboxylic acids is 2. The summed E-state index contributed by atoms with van der Waals surface area (Å²) in [5.41, 5.74) is 21.2. The third kappa shape index (κ3) is 8.05. The Morgan fingerprint density at radius 2 is 1.42 bits per heavy atom. The van der Waals surface area contributed by atoms with E-state index >= 15 is 0 Å². The van der Waals surface area contributed by atoms with Gasteiger partial charge >= 0.3 is 0 Å². The maximum absolute atomic E-state index is 13.0. The molecule has 4 aromatic carbocycles. The Balaban J connectivity index is 1.56. The zero-order valence-corrected chi connectivity index (χ0v) is 31.1. The molecule has 5 rings (SSSR count). The molecule has 1 fully saturated rings. The smallest absolute Gasteiger partial charge is 0.163 e. The first kappa shape index (κ1) is 37.5. The Bertz CT molecular complexity index is 2250. The van der Waals surface area contributed by atoms with E-state index in [0.717, 1.165) is 79.3 Å². The van der Waals surface area contributed by atoms with Crippen molar-refractivity contribution in [2.45, 2.75) is 67.2 Å². The summed E-state index contributed by atoms with van der Waals surface area (Å²) < 4.78 is 12.1. The van der Waals surface area contributed by atoms with Crippen molar-refractivity contribution >= 4 is 50.1 Å². The maximum atomic E-state index is 13.0.